The molecule has 1 aliphatic rings. The van der Waals surface area contributed by atoms with E-state index in [1.54, 1.807) is 6.26 Å². The molecule has 3 aromatic rings. The van der Waals surface area contributed by atoms with Crippen molar-refractivity contribution in [3.8, 4) is 0 Å². The Morgan fingerprint density at radius 3 is 2.88 bits per heavy atom. The number of hydrogen-bond acceptors (Lipinski definition) is 4. The number of nitrogens with one attached hydrogen (secondary N) is 2. The summed E-state index contributed by atoms with van der Waals surface area (Å²) in [7, 11) is -0.786. The first-order valence-electron chi connectivity index (χ1n) is 8.99. The maximum Gasteiger partial charge on any atom is 0.127 e. The van der Waals surface area contributed by atoms with Gasteiger partial charge >= 0.3 is 0 Å². The van der Waals surface area contributed by atoms with Crippen molar-refractivity contribution in [3.05, 3.63) is 65.7 Å². The first-order chi connectivity index (χ1) is 12.7. The Bertz CT molecular complexity index is 957. The molecule has 0 spiro atoms. The van der Waals surface area contributed by atoms with Crippen LogP contribution in [-0.2, 0) is 17.2 Å². The number of aryl methyl sites for hydroxylation is 1. The zero-order valence-corrected chi connectivity index (χ0v) is 15.7. The van der Waals surface area contributed by atoms with Crippen LogP contribution in [0.5, 0.6) is 0 Å². The van der Waals surface area contributed by atoms with Gasteiger partial charge in [0.25, 0.3) is 0 Å². The average molecular weight is 366 g/mol. The van der Waals surface area contributed by atoms with Crippen molar-refractivity contribution in [2.45, 2.75) is 18.9 Å². The van der Waals surface area contributed by atoms with Gasteiger partial charge in [0.1, 0.15) is 5.82 Å². The molecule has 2 atom stereocenters. The second-order valence-corrected chi connectivity index (χ2v) is 8.26. The van der Waals surface area contributed by atoms with Gasteiger partial charge in [-0.25, -0.2) is 4.98 Å². The van der Waals surface area contributed by atoms with Crippen LogP contribution < -0.4 is 10.6 Å². The van der Waals surface area contributed by atoms with E-state index in [9.17, 15) is 4.21 Å². The highest BCUT2D eigenvalue weighted by Gasteiger charge is 2.21. The maximum atomic E-state index is 11.2. The highest BCUT2D eigenvalue weighted by molar-refractivity contribution is 7.84. The molecular weight excluding hydrogens is 342 g/mol. The lowest BCUT2D eigenvalue weighted by molar-refractivity contribution is 0.687. The van der Waals surface area contributed by atoms with Gasteiger partial charge in [-0.3, -0.25) is 4.21 Å². The van der Waals surface area contributed by atoms with E-state index in [0.29, 0.717) is 18.3 Å². The number of rotatable bonds is 6. The van der Waals surface area contributed by atoms with E-state index in [1.165, 1.54) is 11.1 Å². The number of anilines is 2. The van der Waals surface area contributed by atoms with Crippen molar-refractivity contribution < 1.29 is 4.21 Å². The smallest absolute Gasteiger partial charge is 0.127 e. The summed E-state index contributed by atoms with van der Waals surface area (Å²) >= 11 is 0. The lowest BCUT2D eigenvalue weighted by atomic mass is 10.1. The molecule has 1 heterocycles. The summed E-state index contributed by atoms with van der Waals surface area (Å²) < 4.78 is 11.2. The molecule has 0 fully saturated rings. The summed E-state index contributed by atoms with van der Waals surface area (Å²) in [6, 6.07) is 19.2. The molecule has 2 aromatic carbocycles. The minimum absolute atomic E-state index is 0.331. The Morgan fingerprint density at radius 2 is 2.00 bits per heavy atom. The fourth-order valence-electron chi connectivity index (χ4n) is 3.60. The van der Waals surface area contributed by atoms with Gasteiger partial charge in [-0.05, 0) is 48.2 Å². The fraction of sp³-hybridized carbons (Fsp3) is 0.286. The monoisotopic (exact) mass is 365 g/mol. The van der Waals surface area contributed by atoms with Gasteiger partial charge in [0.2, 0.25) is 0 Å². The van der Waals surface area contributed by atoms with E-state index in [4.69, 9.17) is 4.98 Å². The van der Waals surface area contributed by atoms with Gasteiger partial charge in [0.05, 0.1) is 11.6 Å². The van der Waals surface area contributed by atoms with Gasteiger partial charge in [0, 0.05) is 40.4 Å². The number of benzene rings is 2. The Hall–Kier alpha value is -2.40. The standard InChI is InChI=1S/C21H23N3OS/c1-26(25)14-13-22-18-7-4-8-19-17(18)10-12-21(23-19)24-20-11-9-15-5-2-3-6-16(15)20/h2-8,10,12,20,22H,9,11,13-14H2,1H3,(H,23,24)/t20?,26-/m1/s1. The predicted octanol–water partition coefficient (Wildman–Crippen LogP) is 4.12. The summed E-state index contributed by atoms with van der Waals surface area (Å²) in [5.41, 5.74) is 4.82. The molecule has 1 aromatic heterocycles. The first kappa shape index (κ1) is 17.0. The largest absolute Gasteiger partial charge is 0.384 e. The predicted molar refractivity (Wildman–Crippen MR) is 110 cm³/mol. The van der Waals surface area contributed by atoms with Crippen LogP contribution in [0.4, 0.5) is 11.5 Å². The van der Waals surface area contributed by atoms with E-state index >= 15 is 0 Å². The van der Waals surface area contributed by atoms with Crippen molar-refractivity contribution >= 4 is 33.2 Å². The lowest BCUT2D eigenvalue weighted by Crippen LogP contribution is -2.10. The Labute approximate surface area is 156 Å². The quantitative estimate of drug-likeness (QED) is 0.690. The van der Waals surface area contributed by atoms with Crippen molar-refractivity contribution in [1.29, 1.82) is 0 Å². The van der Waals surface area contributed by atoms with E-state index in [1.807, 2.05) is 24.3 Å². The van der Waals surface area contributed by atoms with Crippen LogP contribution in [0.15, 0.2) is 54.6 Å². The number of pyridine rings is 1. The molecule has 4 nitrogen and oxygen atoms in total. The normalized spacial score (nSPS) is 17.0. The van der Waals surface area contributed by atoms with E-state index in [0.717, 1.165) is 35.2 Å². The Kier molecular flexibility index (Phi) is 4.89. The van der Waals surface area contributed by atoms with Crippen LogP contribution in [0.25, 0.3) is 10.9 Å². The molecule has 0 amide bonds. The van der Waals surface area contributed by atoms with E-state index in [-0.39, 0.29) is 0 Å². The molecule has 4 rings (SSSR count). The third-order valence-electron chi connectivity index (χ3n) is 4.89. The average Bonchev–Trinajstić information content (AvgIpc) is 3.04. The van der Waals surface area contributed by atoms with Crippen molar-refractivity contribution in [2.24, 2.45) is 0 Å². The number of nitrogens with zero attached hydrogens (tertiary/aromatic N) is 1. The number of fused-ring (bicyclic) bond motifs is 2. The fourth-order valence-corrected chi connectivity index (χ4v) is 3.99. The zero-order valence-electron chi connectivity index (χ0n) is 14.9. The summed E-state index contributed by atoms with van der Waals surface area (Å²) in [6.45, 7) is 0.696. The topological polar surface area (TPSA) is 54.0 Å². The van der Waals surface area contributed by atoms with Gasteiger partial charge in [-0.1, -0.05) is 30.3 Å². The van der Waals surface area contributed by atoms with Crippen LogP contribution in [-0.4, -0.2) is 27.7 Å². The minimum Gasteiger partial charge on any atom is -0.384 e. The highest BCUT2D eigenvalue weighted by atomic mass is 32.2. The Balaban J connectivity index is 1.54. The summed E-state index contributed by atoms with van der Waals surface area (Å²) in [4.78, 5) is 4.80. The van der Waals surface area contributed by atoms with Gasteiger partial charge < -0.3 is 10.6 Å². The second-order valence-electron chi connectivity index (χ2n) is 6.71. The summed E-state index contributed by atoms with van der Waals surface area (Å²) in [6.07, 6.45) is 3.95. The molecular formula is C21H23N3OS. The van der Waals surface area contributed by atoms with Crippen molar-refractivity contribution in [2.75, 3.05) is 29.2 Å². The first-order valence-corrected chi connectivity index (χ1v) is 10.7. The van der Waals surface area contributed by atoms with E-state index < -0.39 is 10.8 Å². The van der Waals surface area contributed by atoms with Crippen LogP contribution in [0.3, 0.4) is 0 Å². The molecule has 2 N–H and O–H groups in total. The van der Waals surface area contributed by atoms with Crippen LogP contribution >= 0.6 is 0 Å². The zero-order chi connectivity index (χ0) is 17.9. The molecule has 134 valence electrons. The van der Waals surface area contributed by atoms with Crippen LogP contribution in [0.2, 0.25) is 0 Å². The molecule has 26 heavy (non-hydrogen) atoms. The Morgan fingerprint density at radius 1 is 1.12 bits per heavy atom. The number of aromatic nitrogens is 1. The molecule has 0 saturated carbocycles. The molecule has 5 heteroatoms. The highest BCUT2D eigenvalue weighted by Crippen LogP contribution is 2.33. The molecule has 0 aliphatic heterocycles. The maximum absolute atomic E-state index is 11.2. The van der Waals surface area contributed by atoms with Crippen LogP contribution in [0.1, 0.15) is 23.6 Å². The van der Waals surface area contributed by atoms with Crippen molar-refractivity contribution in [3.63, 3.8) is 0 Å². The third-order valence-corrected chi connectivity index (χ3v) is 5.67. The lowest BCUT2D eigenvalue weighted by Gasteiger charge is -2.16. The minimum atomic E-state index is -0.786. The molecule has 0 bridgehead atoms. The van der Waals surface area contributed by atoms with Gasteiger partial charge in [-0.2, -0.15) is 0 Å². The SMILES string of the molecule is C[S@@](=O)CCNc1cccc2nc(NC3CCc4ccccc43)ccc12. The molecule has 1 unspecified atom stereocenters. The number of hydrogen-bond donors (Lipinski definition) is 2. The third kappa shape index (κ3) is 3.58. The van der Waals surface area contributed by atoms with E-state index in [2.05, 4.69) is 41.0 Å². The second kappa shape index (κ2) is 7.46. The molecule has 0 saturated heterocycles. The van der Waals surface area contributed by atoms with Crippen molar-refractivity contribution in [1.82, 2.24) is 4.98 Å². The molecule has 0 radical (unpaired) electrons. The van der Waals surface area contributed by atoms with Crippen LogP contribution in [0, 0.1) is 0 Å². The van der Waals surface area contributed by atoms with Gasteiger partial charge in [-0.15, -0.1) is 0 Å². The molecule has 1 aliphatic carbocycles. The van der Waals surface area contributed by atoms with Gasteiger partial charge in [0.15, 0.2) is 0 Å². The summed E-state index contributed by atoms with van der Waals surface area (Å²) in [5.74, 6) is 1.55. The summed E-state index contributed by atoms with van der Waals surface area (Å²) in [5, 5.41) is 8.06.